The molecule has 0 aromatic carbocycles. The number of ether oxygens (including phenoxy) is 4. The van der Waals surface area contributed by atoms with E-state index in [4.69, 9.17) is 37.0 Å². The third-order valence-electron chi connectivity index (χ3n) is 14.9. The largest absolute Gasteiger partial charge is 0.472 e. The number of hydrogen-bond acceptors (Lipinski definition) is 15. The van der Waals surface area contributed by atoms with Crippen molar-refractivity contribution in [3.05, 3.63) is 0 Å². The van der Waals surface area contributed by atoms with Gasteiger partial charge in [-0.25, -0.2) is 9.13 Å². The maximum atomic E-state index is 13.0. The first-order valence-electron chi connectivity index (χ1n) is 33.2. The molecule has 0 aliphatic heterocycles. The van der Waals surface area contributed by atoms with Crippen LogP contribution in [0, 0.1) is 23.7 Å². The summed E-state index contributed by atoms with van der Waals surface area (Å²) in [6.07, 6.45) is 33.6. The fraction of sp³-hybridized carbons (Fsp3) is 0.938. The maximum absolute atomic E-state index is 13.0. The van der Waals surface area contributed by atoms with Crippen LogP contribution in [-0.4, -0.2) is 96.7 Å². The normalized spacial score (nSPS) is 14.8. The molecule has 0 saturated carbocycles. The number of aliphatic hydroxyl groups is 1. The van der Waals surface area contributed by atoms with E-state index in [-0.39, 0.29) is 25.7 Å². The summed E-state index contributed by atoms with van der Waals surface area (Å²) in [6, 6.07) is 0. The molecule has 0 aromatic rings. The Labute approximate surface area is 505 Å². The van der Waals surface area contributed by atoms with E-state index in [9.17, 15) is 43.2 Å². The van der Waals surface area contributed by atoms with Crippen molar-refractivity contribution in [2.45, 2.75) is 324 Å². The summed E-state index contributed by atoms with van der Waals surface area (Å²) >= 11 is 0. The lowest BCUT2D eigenvalue weighted by atomic mass is 9.99. The zero-order chi connectivity index (χ0) is 61.8. The van der Waals surface area contributed by atoms with Gasteiger partial charge in [0.25, 0.3) is 0 Å². The fourth-order valence-electron chi connectivity index (χ4n) is 9.40. The third-order valence-corrected chi connectivity index (χ3v) is 16.8. The van der Waals surface area contributed by atoms with Crippen LogP contribution in [0.4, 0.5) is 0 Å². The maximum Gasteiger partial charge on any atom is 0.472 e. The fourth-order valence-corrected chi connectivity index (χ4v) is 11.0. The van der Waals surface area contributed by atoms with E-state index >= 15 is 0 Å². The minimum Gasteiger partial charge on any atom is -0.462 e. The predicted molar refractivity (Wildman–Crippen MR) is 331 cm³/mol. The first kappa shape index (κ1) is 81.1. The van der Waals surface area contributed by atoms with Crippen LogP contribution in [0.2, 0.25) is 0 Å². The summed E-state index contributed by atoms with van der Waals surface area (Å²) in [4.78, 5) is 72.2. The third kappa shape index (κ3) is 57.6. The van der Waals surface area contributed by atoms with Gasteiger partial charge in [0.2, 0.25) is 0 Å². The van der Waals surface area contributed by atoms with Crippen LogP contribution < -0.4 is 0 Å². The minimum atomic E-state index is -4.94. The molecule has 0 bridgehead atoms. The topological polar surface area (TPSA) is 237 Å². The van der Waals surface area contributed by atoms with Gasteiger partial charge in [-0.1, -0.05) is 254 Å². The zero-order valence-corrected chi connectivity index (χ0v) is 55.6. The predicted octanol–water partition coefficient (Wildman–Crippen LogP) is 17.4. The molecule has 4 unspecified atom stereocenters. The molecule has 492 valence electrons. The number of phosphoric acid groups is 2. The van der Waals surface area contributed by atoms with Crippen molar-refractivity contribution >= 4 is 39.5 Å². The van der Waals surface area contributed by atoms with E-state index in [0.717, 1.165) is 108 Å². The lowest BCUT2D eigenvalue weighted by Crippen LogP contribution is -2.30. The van der Waals surface area contributed by atoms with Gasteiger partial charge < -0.3 is 33.8 Å². The monoisotopic (exact) mass is 1230 g/mol. The molecule has 0 radical (unpaired) electrons. The zero-order valence-electron chi connectivity index (χ0n) is 53.8. The van der Waals surface area contributed by atoms with E-state index in [2.05, 4.69) is 55.4 Å². The molecule has 6 atom stereocenters. The van der Waals surface area contributed by atoms with Gasteiger partial charge in [0.15, 0.2) is 12.2 Å². The van der Waals surface area contributed by atoms with E-state index in [1.54, 1.807) is 0 Å². The van der Waals surface area contributed by atoms with Crippen LogP contribution in [0.25, 0.3) is 0 Å². The number of hydrogen-bond donors (Lipinski definition) is 3. The first-order chi connectivity index (χ1) is 39.6. The molecule has 17 nitrogen and oxygen atoms in total. The van der Waals surface area contributed by atoms with Crippen molar-refractivity contribution in [2.24, 2.45) is 23.7 Å². The molecule has 0 fully saturated rings. The molecule has 0 aliphatic carbocycles. The Morgan fingerprint density at radius 2 is 0.578 bits per heavy atom. The lowest BCUT2D eigenvalue weighted by Gasteiger charge is -2.21. The van der Waals surface area contributed by atoms with Crippen LogP contribution in [0.1, 0.15) is 306 Å². The number of esters is 4. The van der Waals surface area contributed by atoms with Gasteiger partial charge in [0.05, 0.1) is 26.4 Å². The van der Waals surface area contributed by atoms with Gasteiger partial charge in [-0.2, -0.15) is 0 Å². The van der Waals surface area contributed by atoms with E-state index < -0.39 is 97.5 Å². The lowest BCUT2D eigenvalue weighted by molar-refractivity contribution is -0.161. The highest BCUT2D eigenvalue weighted by molar-refractivity contribution is 7.47. The Morgan fingerprint density at radius 1 is 0.337 bits per heavy atom. The summed E-state index contributed by atoms with van der Waals surface area (Å²) in [5, 5.41) is 10.5. The van der Waals surface area contributed by atoms with Crippen molar-refractivity contribution in [1.29, 1.82) is 0 Å². The number of unbranched alkanes of at least 4 members (excludes halogenated alkanes) is 26. The molecular formula is C64H124O17P2. The molecule has 0 aromatic heterocycles. The Kier molecular flexibility index (Phi) is 53.0. The average molecular weight is 1230 g/mol. The second-order valence-electron chi connectivity index (χ2n) is 24.8. The summed E-state index contributed by atoms with van der Waals surface area (Å²) < 4.78 is 68.0. The molecule has 0 amide bonds. The van der Waals surface area contributed by atoms with Crippen molar-refractivity contribution in [3.63, 3.8) is 0 Å². The van der Waals surface area contributed by atoms with Gasteiger partial charge in [-0.15, -0.1) is 0 Å². The number of carbonyl (C=O) groups excluding carboxylic acids is 4. The Hall–Kier alpha value is -1.94. The molecule has 19 heteroatoms. The van der Waals surface area contributed by atoms with Gasteiger partial charge in [0, 0.05) is 25.7 Å². The minimum absolute atomic E-state index is 0.102. The highest BCUT2D eigenvalue weighted by Crippen LogP contribution is 2.45. The molecule has 0 aliphatic rings. The first-order valence-corrected chi connectivity index (χ1v) is 36.2. The number of rotatable bonds is 61. The molecular weight excluding hydrogens is 1100 g/mol. The SMILES string of the molecule is CCC(C)CCCCCCCCCCC(=O)OC[C@H](COP(=O)(O)OCC(O)COP(=O)(O)OC[C@@H](COC(=O)CCCCCCCCCC(C)C)OC(=O)CCCCCCCCCCC(C)C)OC(=O)CCCCCCCCCC(C)C. The van der Waals surface area contributed by atoms with Crippen molar-refractivity contribution < 1.29 is 80.2 Å². The Morgan fingerprint density at radius 3 is 0.855 bits per heavy atom. The van der Waals surface area contributed by atoms with Gasteiger partial charge >= 0.3 is 39.5 Å². The van der Waals surface area contributed by atoms with Crippen LogP contribution in [0.5, 0.6) is 0 Å². The van der Waals surface area contributed by atoms with Crippen molar-refractivity contribution in [1.82, 2.24) is 0 Å². The van der Waals surface area contributed by atoms with E-state index in [0.29, 0.717) is 37.5 Å². The second-order valence-corrected chi connectivity index (χ2v) is 27.7. The van der Waals surface area contributed by atoms with Crippen molar-refractivity contribution in [2.75, 3.05) is 39.6 Å². The number of phosphoric ester groups is 2. The smallest absolute Gasteiger partial charge is 0.462 e. The van der Waals surface area contributed by atoms with E-state index in [1.807, 2.05) is 0 Å². The summed E-state index contributed by atoms with van der Waals surface area (Å²) in [6.45, 7) is 13.9. The van der Waals surface area contributed by atoms with Crippen LogP contribution in [0.15, 0.2) is 0 Å². The molecule has 0 rings (SSSR count). The molecule has 0 saturated heterocycles. The summed E-state index contributed by atoms with van der Waals surface area (Å²) in [5.74, 6) is 0.754. The number of aliphatic hydroxyl groups excluding tert-OH is 1. The number of carbonyl (C=O) groups is 4. The highest BCUT2D eigenvalue weighted by atomic mass is 31.2. The van der Waals surface area contributed by atoms with Crippen LogP contribution in [-0.2, 0) is 65.4 Å². The van der Waals surface area contributed by atoms with E-state index in [1.165, 1.54) is 103 Å². The summed E-state index contributed by atoms with van der Waals surface area (Å²) in [5.41, 5.74) is 0. The quantitative estimate of drug-likeness (QED) is 0.0222. The standard InChI is InChI=1S/C64H124O17P2/c1-9-57(8)43-35-27-19-11-13-20-28-36-44-61(66)74-50-60(81-64(69)47-39-31-23-15-18-26-34-42-56(6)7)53-79-83(72,73)77-49-58(65)48-76-82(70,71)78-52-59(51-75-62(67)45-37-29-22-14-17-25-33-41-55(4)5)80-63(68)46-38-30-21-12-10-16-24-32-40-54(2)3/h54-60,65H,9-53H2,1-8H3,(H,70,71)(H,72,73)/t57?,58?,59-,60-/m1/s1. The van der Waals surface area contributed by atoms with Gasteiger partial charge in [-0.3, -0.25) is 37.3 Å². The summed E-state index contributed by atoms with van der Waals surface area (Å²) in [7, 11) is -9.89. The molecule has 83 heavy (non-hydrogen) atoms. The van der Waals surface area contributed by atoms with Crippen LogP contribution >= 0.6 is 15.6 Å². The van der Waals surface area contributed by atoms with Crippen LogP contribution in [0.3, 0.4) is 0 Å². The van der Waals surface area contributed by atoms with Crippen molar-refractivity contribution in [3.8, 4) is 0 Å². The average Bonchev–Trinajstić information content (AvgIpc) is 3.44. The highest BCUT2D eigenvalue weighted by Gasteiger charge is 2.30. The Bertz CT molecular complexity index is 1660. The molecule has 3 N–H and O–H groups in total. The van der Waals surface area contributed by atoms with Gasteiger partial charge in [0.1, 0.15) is 19.3 Å². The second kappa shape index (κ2) is 54.2. The molecule has 0 spiro atoms. The Balaban J connectivity index is 5.25. The molecule has 0 heterocycles. The van der Waals surface area contributed by atoms with Gasteiger partial charge in [-0.05, 0) is 49.4 Å².